The quantitative estimate of drug-likeness (QED) is 0.886. The van der Waals surface area contributed by atoms with Crippen LogP contribution in [0.2, 0.25) is 0 Å². The fraction of sp³-hybridized carbons (Fsp3) is 0.429. The Kier molecular flexibility index (Phi) is 3.74. The maximum atomic E-state index is 5.31. The number of anilines is 1. The molecule has 19 heavy (non-hydrogen) atoms. The molecule has 0 amide bonds. The lowest BCUT2D eigenvalue weighted by Crippen LogP contribution is -2.38. The third kappa shape index (κ3) is 2.93. The maximum absolute atomic E-state index is 5.31. The fourth-order valence-corrected chi connectivity index (χ4v) is 2.57. The number of hydrogen-bond donors (Lipinski definition) is 1. The molecule has 0 radical (unpaired) electrons. The van der Waals surface area contributed by atoms with Gasteiger partial charge in [-0.15, -0.1) is 5.10 Å². The number of furan rings is 1. The summed E-state index contributed by atoms with van der Waals surface area (Å²) in [5.41, 5.74) is 0. The molecule has 1 N–H and O–H groups in total. The molecule has 1 aliphatic heterocycles. The number of aromatic nitrogens is 2. The van der Waals surface area contributed by atoms with Gasteiger partial charge in [0.2, 0.25) is 0 Å². The molecule has 1 fully saturated rings. The van der Waals surface area contributed by atoms with Crippen LogP contribution in [0.25, 0.3) is 0 Å². The highest BCUT2D eigenvalue weighted by atomic mass is 16.3. The zero-order valence-electron chi connectivity index (χ0n) is 10.8. The molecule has 100 valence electrons. The van der Waals surface area contributed by atoms with Crippen molar-refractivity contribution in [1.29, 1.82) is 0 Å². The summed E-state index contributed by atoms with van der Waals surface area (Å²) in [5.74, 6) is 1.95. The van der Waals surface area contributed by atoms with Crippen molar-refractivity contribution < 1.29 is 4.42 Å². The van der Waals surface area contributed by atoms with Gasteiger partial charge in [-0.25, -0.2) is 0 Å². The Labute approximate surface area is 112 Å². The standard InChI is InChI=1S/C14H18N4O/c1-6-14(17-16-7-1)18-8-2-4-12(18)10-15-11-13-5-3-9-19-13/h1,3,5-7,9,12,15H,2,4,8,10-11H2. The summed E-state index contributed by atoms with van der Waals surface area (Å²) in [4.78, 5) is 2.34. The van der Waals surface area contributed by atoms with Gasteiger partial charge in [0.1, 0.15) is 5.76 Å². The molecule has 5 nitrogen and oxygen atoms in total. The van der Waals surface area contributed by atoms with Crippen LogP contribution < -0.4 is 10.2 Å². The van der Waals surface area contributed by atoms with E-state index < -0.39 is 0 Å². The van der Waals surface area contributed by atoms with E-state index >= 15 is 0 Å². The Bertz CT molecular complexity index is 485. The molecular weight excluding hydrogens is 240 g/mol. The van der Waals surface area contributed by atoms with E-state index in [-0.39, 0.29) is 0 Å². The highest BCUT2D eigenvalue weighted by Gasteiger charge is 2.25. The van der Waals surface area contributed by atoms with E-state index in [0.29, 0.717) is 6.04 Å². The highest BCUT2D eigenvalue weighted by molar-refractivity contribution is 5.39. The highest BCUT2D eigenvalue weighted by Crippen LogP contribution is 2.22. The molecule has 1 unspecified atom stereocenters. The molecule has 3 rings (SSSR count). The zero-order valence-corrected chi connectivity index (χ0v) is 10.8. The molecular formula is C14H18N4O. The van der Waals surface area contributed by atoms with Crippen molar-refractivity contribution in [2.45, 2.75) is 25.4 Å². The average Bonchev–Trinajstić information content (AvgIpc) is 3.11. The molecule has 0 spiro atoms. The van der Waals surface area contributed by atoms with Gasteiger partial charge >= 0.3 is 0 Å². The van der Waals surface area contributed by atoms with Crippen molar-refractivity contribution in [3.63, 3.8) is 0 Å². The number of nitrogens with zero attached hydrogens (tertiary/aromatic N) is 3. The Morgan fingerprint density at radius 3 is 3.16 bits per heavy atom. The lowest BCUT2D eigenvalue weighted by Gasteiger charge is -2.25. The third-order valence-electron chi connectivity index (χ3n) is 3.49. The second kappa shape index (κ2) is 5.84. The maximum Gasteiger partial charge on any atom is 0.151 e. The van der Waals surface area contributed by atoms with Gasteiger partial charge < -0.3 is 14.6 Å². The second-order valence-corrected chi connectivity index (χ2v) is 4.78. The second-order valence-electron chi connectivity index (χ2n) is 4.78. The summed E-state index contributed by atoms with van der Waals surface area (Å²) in [5, 5.41) is 11.6. The molecule has 0 bridgehead atoms. The zero-order chi connectivity index (χ0) is 12.9. The van der Waals surface area contributed by atoms with Gasteiger partial charge in [-0.05, 0) is 37.1 Å². The fourth-order valence-electron chi connectivity index (χ4n) is 2.57. The first-order valence-electron chi connectivity index (χ1n) is 6.71. The van der Waals surface area contributed by atoms with Gasteiger partial charge in [0.15, 0.2) is 5.82 Å². The Morgan fingerprint density at radius 1 is 1.37 bits per heavy atom. The van der Waals surface area contributed by atoms with Crippen molar-refractivity contribution in [1.82, 2.24) is 15.5 Å². The summed E-state index contributed by atoms with van der Waals surface area (Å²) in [7, 11) is 0. The van der Waals surface area contributed by atoms with Crippen LogP contribution in [0.15, 0.2) is 41.1 Å². The van der Waals surface area contributed by atoms with Crippen LogP contribution in [0, 0.1) is 0 Å². The summed E-state index contributed by atoms with van der Waals surface area (Å²) in [6.07, 6.45) is 5.83. The number of nitrogens with one attached hydrogen (secondary N) is 1. The van der Waals surface area contributed by atoms with Crippen LogP contribution in [0.1, 0.15) is 18.6 Å². The predicted octanol–water partition coefficient (Wildman–Crippen LogP) is 1.83. The Hall–Kier alpha value is -1.88. The van der Waals surface area contributed by atoms with E-state index in [1.807, 2.05) is 24.3 Å². The van der Waals surface area contributed by atoms with Crippen molar-refractivity contribution in [2.24, 2.45) is 0 Å². The van der Waals surface area contributed by atoms with Crippen LogP contribution in [-0.4, -0.2) is 29.3 Å². The molecule has 0 aliphatic carbocycles. The molecule has 0 saturated carbocycles. The summed E-state index contributed by atoms with van der Waals surface area (Å²) in [6, 6.07) is 8.36. The van der Waals surface area contributed by atoms with Gasteiger partial charge in [-0.1, -0.05) is 0 Å². The largest absolute Gasteiger partial charge is 0.468 e. The third-order valence-corrected chi connectivity index (χ3v) is 3.49. The van der Waals surface area contributed by atoms with E-state index in [2.05, 4.69) is 20.4 Å². The normalized spacial score (nSPS) is 18.9. The van der Waals surface area contributed by atoms with Crippen molar-refractivity contribution in [2.75, 3.05) is 18.0 Å². The van der Waals surface area contributed by atoms with Gasteiger partial charge in [0.25, 0.3) is 0 Å². The number of rotatable bonds is 5. The Balaban J connectivity index is 1.55. The van der Waals surface area contributed by atoms with E-state index in [1.165, 1.54) is 12.8 Å². The topological polar surface area (TPSA) is 54.2 Å². The molecule has 0 aromatic carbocycles. The van der Waals surface area contributed by atoms with E-state index in [0.717, 1.165) is 31.2 Å². The minimum atomic E-state index is 0.492. The van der Waals surface area contributed by atoms with E-state index in [4.69, 9.17) is 4.42 Å². The summed E-state index contributed by atoms with van der Waals surface area (Å²) >= 11 is 0. The van der Waals surface area contributed by atoms with Crippen LogP contribution in [-0.2, 0) is 6.54 Å². The molecule has 2 aromatic rings. The Morgan fingerprint density at radius 2 is 2.37 bits per heavy atom. The van der Waals surface area contributed by atoms with Gasteiger partial charge in [0.05, 0.1) is 12.8 Å². The number of hydrogen-bond acceptors (Lipinski definition) is 5. The summed E-state index contributed by atoms with van der Waals surface area (Å²) < 4.78 is 5.31. The minimum absolute atomic E-state index is 0.492. The monoisotopic (exact) mass is 258 g/mol. The molecule has 1 atom stereocenters. The van der Waals surface area contributed by atoms with Crippen LogP contribution in [0.4, 0.5) is 5.82 Å². The van der Waals surface area contributed by atoms with Crippen LogP contribution in [0.3, 0.4) is 0 Å². The first kappa shape index (κ1) is 12.2. The van der Waals surface area contributed by atoms with E-state index in [9.17, 15) is 0 Å². The molecule has 3 heterocycles. The molecule has 1 aliphatic rings. The van der Waals surface area contributed by atoms with Gasteiger partial charge in [0, 0.05) is 25.3 Å². The van der Waals surface area contributed by atoms with Crippen LogP contribution >= 0.6 is 0 Å². The average molecular weight is 258 g/mol. The first-order chi connectivity index (χ1) is 9.43. The molecule has 2 aromatic heterocycles. The molecule has 1 saturated heterocycles. The van der Waals surface area contributed by atoms with Crippen LogP contribution in [0.5, 0.6) is 0 Å². The minimum Gasteiger partial charge on any atom is -0.468 e. The first-order valence-corrected chi connectivity index (χ1v) is 6.71. The summed E-state index contributed by atoms with van der Waals surface area (Å²) in [6.45, 7) is 2.78. The SMILES string of the molecule is c1cnnc(N2CCCC2CNCc2ccco2)c1. The van der Waals surface area contributed by atoms with E-state index in [1.54, 1.807) is 12.5 Å². The van der Waals surface area contributed by atoms with Crippen molar-refractivity contribution >= 4 is 5.82 Å². The lowest BCUT2D eigenvalue weighted by atomic mass is 10.2. The predicted molar refractivity (Wildman–Crippen MR) is 72.8 cm³/mol. The lowest BCUT2D eigenvalue weighted by molar-refractivity contribution is 0.471. The smallest absolute Gasteiger partial charge is 0.151 e. The molecule has 5 heteroatoms. The van der Waals surface area contributed by atoms with Crippen molar-refractivity contribution in [3.05, 3.63) is 42.5 Å². The van der Waals surface area contributed by atoms with Gasteiger partial charge in [-0.3, -0.25) is 0 Å². The van der Waals surface area contributed by atoms with Gasteiger partial charge in [-0.2, -0.15) is 5.10 Å². The van der Waals surface area contributed by atoms with Crippen molar-refractivity contribution in [3.8, 4) is 0 Å².